The van der Waals surface area contributed by atoms with Gasteiger partial charge in [-0.3, -0.25) is 14.9 Å². The summed E-state index contributed by atoms with van der Waals surface area (Å²) in [4.78, 5) is 29.5. The average Bonchev–Trinajstić information content (AvgIpc) is 3.34. The minimum absolute atomic E-state index is 0.0570. The third-order valence-corrected chi connectivity index (χ3v) is 6.87. The molecule has 9 heteroatoms. The van der Waals surface area contributed by atoms with Crippen molar-refractivity contribution in [1.82, 2.24) is 10.2 Å². The van der Waals surface area contributed by atoms with Gasteiger partial charge < -0.3 is 19.5 Å². The number of fused-ring (bicyclic) bond motifs is 1. The van der Waals surface area contributed by atoms with Crippen LogP contribution in [0.25, 0.3) is 11.0 Å². The van der Waals surface area contributed by atoms with Gasteiger partial charge in [-0.2, -0.15) is 0 Å². The molecule has 7 nitrogen and oxygen atoms in total. The van der Waals surface area contributed by atoms with Gasteiger partial charge in [0, 0.05) is 42.8 Å². The van der Waals surface area contributed by atoms with Crippen LogP contribution in [0.4, 0.5) is 11.4 Å². The maximum Gasteiger partial charge on any atom is 0.293 e. The fraction of sp³-hybridized carbons (Fsp3) is 0.179. The normalized spacial score (nSPS) is 13.5. The van der Waals surface area contributed by atoms with E-state index in [0.717, 1.165) is 22.2 Å². The van der Waals surface area contributed by atoms with Crippen LogP contribution in [0.3, 0.4) is 0 Å². The summed E-state index contributed by atoms with van der Waals surface area (Å²) in [6.07, 6.45) is 0. The summed E-state index contributed by atoms with van der Waals surface area (Å²) >= 11 is 11.9. The minimum Gasteiger partial charge on any atom is -0.451 e. The summed E-state index contributed by atoms with van der Waals surface area (Å²) in [6.45, 7) is 4.53. The average molecular weight is 533 g/mol. The molecule has 0 unspecified atom stereocenters. The molecule has 2 heterocycles. The van der Waals surface area contributed by atoms with Crippen LogP contribution in [-0.4, -0.2) is 48.0 Å². The maximum atomic E-state index is 12.9. The molecule has 1 aromatic heterocycles. The fourth-order valence-electron chi connectivity index (χ4n) is 4.40. The van der Waals surface area contributed by atoms with Crippen LogP contribution in [0.5, 0.6) is 0 Å². The second kappa shape index (κ2) is 10.6. The first-order valence-corrected chi connectivity index (χ1v) is 12.7. The smallest absolute Gasteiger partial charge is 0.293 e. The molecule has 0 saturated carbocycles. The number of carbonyl (C=O) groups is 2. The largest absolute Gasteiger partial charge is 0.451 e. The molecule has 0 atom stereocenters. The van der Waals surface area contributed by atoms with Gasteiger partial charge in [0.05, 0.1) is 10.7 Å². The van der Waals surface area contributed by atoms with Crippen LogP contribution >= 0.6 is 23.8 Å². The quantitative estimate of drug-likeness (QED) is 0.339. The highest BCUT2D eigenvalue weighted by Gasteiger charge is 2.24. The molecule has 0 spiro atoms. The van der Waals surface area contributed by atoms with Crippen LogP contribution in [0.2, 0.25) is 5.02 Å². The Morgan fingerprint density at radius 2 is 1.68 bits per heavy atom. The van der Waals surface area contributed by atoms with Crippen molar-refractivity contribution in [3.05, 3.63) is 94.7 Å². The fourth-order valence-corrected chi connectivity index (χ4v) is 4.91. The van der Waals surface area contributed by atoms with E-state index in [0.29, 0.717) is 42.5 Å². The number of amides is 2. The van der Waals surface area contributed by atoms with Gasteiger partial charge >= 0.3 is 0 Å². The Bertz CT molecular complexity index is 1460. The lowest BCUT2D eigenvalue weighted by atomic mass is 10.1. The number of para-hydroxylation sites is 1. The molecule has 1 aliphatic rings. The Morgan fingerprint density at radius 3 is 2.41 bits per heavy atom. The number of furan rings is 1. The SMILES string of the molecule is Cc1ccccc1C(=O)N1CCN(c2ccc(NC(=S)NC(=O)c3cc4ccccc4o3)cc2Cl)CC1. The lowest BCUT2D eigenvalue weighted by Crippen LogP contribution is -2.49. The molecule has 1 saturated heterocycles. The summed E-state index contributed by atoms with van der Waals surface area (Å²) in [6, 6.07) is 22.3. The van der Waals surface area contributed by atoms with Crippen molar-refractivity contribution in [2.45, 2.75) is 6.92 Å². The molecule has 1 fully saturated rings. The molecule has 3 aromatic carbocycles. The van der Waals surface area contributed by atoms with Crippen molar-refractivity contribution in [1.29, 1.82) is 0 Å². The molecule has 2 N–H and O–H groups in total. The number of piperazine rings is 1. The van der Waals surface area contributed by atoms with E-state index in [4.69, 9.17) is 28.2 Å². The van der Waals surface area contributed by atoms with E-state index in [1.54, 1.807) is 18.2 Å². The first-order chi connectivity index (χ1) is 17.9. The summed E-state index contributed by atoms with van der Waals surface area (Å²) < 4.78 is 5.59. The molecular formula is C28H25ClN4O3S. The number of aryl methyl sites for hydroxylation is 1. The van der Waals surface area contributed by atoms with Gasteiger partial charge in [-0.1, -0.05) is 48.0 Å². The lowest BCUT2D eigenvalue weighted by Gasteiger charge is -2.36. The van der Waals surface area contributed by atoms with Crippen LogP contribution in [0, 0.1) is 6.92 Å². The minimum atomic E-state index is -0.436. The lowest BCUT2D eigenvalue weighted by molar-refractivity contribution is 0.0746. The first-order valence-electron chi connectivity index (χ1n) is 11.9. The van der Waals surface area contributed by atoms with Gasteiger partial charge in [0.25, 0.3) is 11.8 Å². The first kappa shape index (κ1) is 24.8. The Labute approximate surface area is 225 Å². The predicted octanol–water partition coefficient (Wildman–Crippen LogP) is 5.48. The van der Waals surface area contributed by atoms with Crippen molar-refractivity contribution in [2.24, 2.45) is 0 Å². The van der Waals surface area contributed by atoms with E-state index in [1.807, 2.05) is 66.4 Å². The van der Waals surface area contributed by atoms with Crippen LogP contribution in [-0.2, 0) is 0 Å². The number of anilines is 2. The van der Waals surface area contributed by atoms with E-state index in [1.165, 1.54) is 0 Å². The van der Waals surface area contributed by atoms with Crippen molar-refractivity contribution in [2.75, 3.05) is 36.4 Å². The van der Waals surface area contributed by atoms with E-state index in [2.05, 4.69) is 15.5 Å². The standard InChI is InChI=1S/C28H25ClN4O3S/c1-18-6-2-4-8-21(18)27(35)33-14-12-32(13-15-33)23-11-10-20(17-22(23)29)30-28(37)31-26(34)25-16-19-7-3-5-9-24(19)36-25/h2-11,16-17H,12-15H2,1H3,(H2,30,31,34,37). The van der Waals surface area contributed by atoms with E-state index >= 15 is 0 Å². The van der Waals surface area contributed by atoms with Crippen LogP contribution in [0.1, 0.15) is 26.5 Å². The second-order valence-corrected chi connectivity index (χ2v) is 9.63. The molecule has 2 amide bonds. The van der Waals surface area contributed by atoms with Crippen molar-refractivity contribution in [3.63, 3.8) is 0 Å². The van der Waals surface area contributed by atoms with Gasteiger partial charge in [-0.25, -0.2) is 0 Å². The van der Waals surface area contributed by atoms with Crippen molar-refractivity contribution in [3.8, 4) is 0 Å². The third-order valence-electron chi connectivity index (χ3n) is 6.36. The molecule has 37 heavy (non-hydrogen) atoms. The van der Waals surface area contributed by atoms with Gasteiger partial charge in [-0.05, 0) is 61.1 Å². The van der Waals surface area contributed by atoms with Crippen LogP contribution in [0.15, 0.2) is 77.2 Å². The molecular weight excluding hydrogens is 508 g/mol. The molecule has 0 radical (unpaired) electrons. The highest BCUT2D eigenvalue weighted by molar-refractivity contribution is 7.80. The number of carbonyl (C=O) groups excluding carboxylic acids is 2. The number of rotatable bonds is 4. The topological polar surface area (TPSA) is 77.8 Å². The van der Waals surface area contributed by atoms with Gasteiger partial charge in [0.2, 0.25) is 0 Å². The summed E-state index contributed by atoms with van der Waals surface area (Å²) in [5.41, 5.74) is 3.89. The Balaban J connectivity index is 1.17. The molecule has 0 bridgehead atoms. The third kappa shape index (κ3) is 5.45. The van der Waals surface area contributed by atoms with Crippen LogP contribution < -0.4 is 15.5 Å². The molecule has 0 aliphatic carbocycles. The Hall–Kier alpha value is -3.88. The zero-order valence-electron chi connectivity index (χ0n) is 20.2. The molecule has 1 aliphatic heterocycles. The number of halogens is 1. The number of hydrogen-bond donors (Lipinski definition) is 2. The number of benzene rings is 3. The maximum absolute atomic E-state index is 12.9. The molecule has 4 aromatic rings. The zero-order valence-corrected chi connectivity index (χ0v) is 21.7. The monoisotopic (exact) mass is 532 g/mol. The summed E-state index contributed by atoms with van der Waals surface area (Å²) in [5.74, 6) is -0.199. The number of nitrogens with zero attached hydrogens (tertiary/aromatic N) is 2. The van der Waals surface area contributed by atoms with Gasteiger partial charge in [0.1, 0.15) is 5.58 Å². The highest BCUT2D eigenvalue weighted by Crippen LogP contribution is 2.30. The summed E-state index contributed by atoms with van der Waals surface area (Å²) in [7, 11) is 0. The number of hydrogen-bond acceptors (Lipinski definition) is 5. The predicted molar refractivity (Wildman–Crippen MR) is 151 cm³/mol. The zero-order chi connectivity index (χ0) is 25.9. The molecule has 5 rings (SSSR count). The van der Waals surface area contributed by atoms with Gasteiger partial charge in [0.15, 0.2) is 10.9 Å². The second-order valence-electron chi connectivity index (χ2n) is 8.82. The van der Waals surface area contributed by atoms with Gasteiger partial charge in [-0.15, -0.1) is 0 Å². The van der Waals surface area contributed by atoms with E-state index < -0.39 is 5.91 Å². The highest BCUT2D eigenvalue weighted by atomic mass is 35.5. The van der Waals surface area contributed by atoms with Crippen molar-refractivity contribution < 1.29 is 14.0 Å². The number of thiocarbonyl (C=S) groups is 1. The van der Waals surface area contributed by atoms with Crippen molar-refractivity contribution >= 4 is 63.1 Å². The molecule has 188 valence electrons. The Morgan fingerprint density at radius 1 is 0.946 bits per heavy atom. The van der Waals surface area contributed by atoms with E-state index in [9.17, 15) is 9.59 Å². The number of nitrogens with one attached hydrogen (secondary N) is 2. The Kier molecular flexibility index (Phi) is 7.12. The van der Waals surface area contributed by atoms with E-state index in [-0.39, 0.29) is 16.8 Å². The summed E-state index contributed by atoms with van der Waals surface area (Å²) in [5, 5.41) is 7.16.